The Balaban J connectivity index is 3.89. The van der Waals surface area contributed by atoms with Crippen molar-refractivity contribution in [2.75, 3.05) is 141 Å². The Labute approximate surface area is 264 Å². The van der Waals surface area contributed by atoms with Crippen molar-refractivity contribution in [2.45, 2.75) is 51.4 Å². The number of hydrogen-bond acceptors (Lipinski definition) is 10. The van der Waals surface area contributed by atoms with E-state index in [0.29, 0.717) is 26.3 Å². The number of nitrogens with one attached hydrogen (secondary N) is 3. The number of ether oxygens (including phenoxy) is 2. The molecule has 0 rings (SSSR count). The van der Waals surface area contributed by atoms with E-state index in [1.165, 1.54) is 0 Å². The van der Waals surface area contributed by atoms with Gasteiger partial charge < -0.3 is 40.1 Å². The average molecular weight is 617 g/mol. The molecular formula is C31H68N8O4. The topological polar surface area (TPSA) is 105 Å². The van der Waals surface area contributed by atoms with Gasteiger partial charge in [0.25, 0.3) is 0 Å². The molecule has 2 amide bonds. The number of unbranched alkanes of at least 4 members (excludes halogenated alkanes) is 3. The summed E-state index contributed by atoms with van der Waals surface area (Å²) in [7, 11) is 14.5. The summed E-state index contributed by atoms with van der Waals surface area (Å²) < 4.78 is 10.8. The number of carbonyl (C=O) groups excluding carboxylic acids is 2. The van der Waals surface area contributed by atoms with Gasteiger partial charge in [0.2, 0.25) is 0 Å². The molecule has 0 atom stereocenters. The van der Waals surface area contributed by atoms with Gasteiger partial charge in [0, 0.05) is 26.2 Å². The number of carbonyl (C=O) groups is 2. The van der Waals surface area contributed by atoms with E-state index in [2.05, 4.69) is 82.7 Å². The lowest BCUT2D eigenvalue weighted by Crippen LogP contribution is -2.34. The van der Waals surface area contributed by atoms with Crippen LogP contribution < -0.4 is 16.0 Å². The Morgan fingerprint density at radius 1 is 0.465 bits per heavy atom. The van der Waals surface area contributed by atoms with Crippen LogP contribution in [-0.2, 0) is 9.47 Å². The van der Waals surface area contributed by atoms with Gasteiger partial charge in [-0.1, -0.05) is 12.8 Å². The molecule has 0 aromatic rings. The van der Waals surface area contributed by atoms with Gasteiger partial charge in [0.15, 0.2) is 0 Å². The number of amides is 2. The zero-order chi connectivity index (χ0) is 32.1. The summed E-state index contributed by atoms with van der Waals surface area (Å²) in [5.41, 5.74) is 0. The van der Waals surface area contributed by atoms with Crippen LogP contribution in [0.1, 0.15) is 51.4 Å². The second-order valence-corrected chi connectivity index (χ2v) is 12.2. The Hall–Kier alpha value is -1.70. The van der Waals surface area contributed by atoms with Gasteiger partial charge in [-0.25, -0.2) is 9.59 Å². The van der Waals surface area contributed by atoms with Crippen LogP contribution in [0.2, 0.25) is 0 Å². The van der Waals surface area contributed by atoms with Gasteiger partial charge in [-0.2, -0.15) is 0 Å². The lowest BCUT2D eigenvalue weighted by Gasteiger charge is -2.23. The van der Waals surface area contributed by atoms with Gasteiger partial charge in [-0.05, 0) is 140 Å². The predicted octanol–water partition coefficient (Wildman–Crippen LogP) is 2.07. The van der Waals surface area contributed by atoms with Crippen LogP contribution in [0.5, 0.6) is 0 Å². The summed E-state index contributed by atoms with van der Waals surface area (Å²) in [5, 5.41) is 8.89. The molecule has 43 heavy (non-hydrogen) atoms. The number of alkyl carbamates (subject to hydrolysis) is 2. The second-order valence-electron chi connectivity index (χ2n) is 12.2. The monoisotopic (exact) mass is 617 g/mol. The van der Waals surface area contributed by atoms with Crippen molar-refractivity contribution in [2.24, 2.45) is 0 Å². The summed E-state index contributed by atoms with van der Waals surface area (Å²) >= 11 is 0. The molecule has 12 nitrogen and oxygen atoms in total. The van der Waals surface area contributed by atoms with Gasteiger partial charge in [0.1, 0.15) is 13.2 Å². The third kappa shape index (κ3) is 30.1. The molecule has 0 radical (unpaired) electrons. The molecule has 0 saturated heterocycles. The maximum absolute atomic E-state index is 12.1. The van der Waals surface area contributed by atoms with Crippen LogP contribution in [0.4, 0.5) is 9.59 Å². The van der Waals surface area contributed by atoms with E-state index in [1.54, 1.807) is 0 Å². The summed E-state index contributed by atoms with van der Waals surface area (Å²) in [6.07, 6.45) is 7.44. The smallest absolute Gasteiger partial charge is 0.407 e. The molecule has 3 N–H and O–H groups in total. The van der Waals surface area contributed by atoms with E-state index in [9.17, 15) is 9.59 Å². The van der Waals surface area contributed by atoms with Crippen molar-refractivity contribution in [3.05, 3.63) is 0 Å². The molecule has 0 aromatic heterocycles. The average Bonchev–Trinajstić information content (AvgIpc) is 2.93. The van der Waals surface area contributed by atoms with Crippen LogP contribution in [0, 0.1) is 0 Å². The van der Waals surface area contributed by atoms with Crippen molar-refractivity contribution in [3.63, 3.8) is 0 Å². The predicted molar refractivity (Wildman–Crippen MR) is 178 cm³/mol. The molecule has 256 valence electrons. The SMILES string of the molecule is CNCCCN(CCCN(C)C)CCOC(=O)NCCCCCCNC(=O)OCCN(CCCN(C)C)CCCN(C)C. The zero-order valence-corrected chi connectivity index (χ0v) is 28.9. The number of hydrogen-bond donors (Lipinski definition) is 3. The van der Waals surface area contributed by atoms with Gasteiger partial charge in [0.05, 0.1) is 0 Å². The Morgan fingerprint density at radius 3 is 1.19 bits per heavy atom. The zero-order valence-electron chi connectivity index (χ0n) is 28.9. The van der Waals surface area contributed by atoms with Crippen LogP contribution in [0.15, 0.2) is 0 Å². The third-order valence-corrected chi connectivity index (χ3v) is 7.06. The van der Waals surface area contributed by atoms with Crippen LogP contribution in [0.25, 0.3) is 0 Å². The molecule has 0 unspecified atom stereocenters. The van der Waals surface area contributed by atoms with Gasteiger partial charge >= 0.3 is 12.2 Å². The third-order valence-electron chi connectivity index (χ3n) is 7.06. The maximum Gasteiger partial charge on any atom is 0.407 e. The normalized spacial score (nSPS) is 11.7. The minimum absolute atomic E-state index is 0.343. The molecule has 12 heteroatoms. The molecule has 0 heterocycles. The van der Waals surface area contributed by atoms with Crippen molar-refractivity contribution in [3.8, 4) is 0 Å². The van der Waals surface area contributed by atoms with Crippen LogP contribution >= 0.6 is 0 Å². The van der Waals surface area contributed by atoms with Crippen LogP contribution in [0.3, 0.4) is 0 Å². The van der Waals surface area contributed by atoms with E-state index in [-0.39, 0.29) is 12.2 Å². The fraction of sp³-hybridized carbons (Fsp3) is 0.935. The molecule has 0 spiro atoms. The summed E-state index contributed by atoms with van der Waals surface area (Å²) in [4.78, 5) is 35.5. The van der Waals surface area contributed by atoms with E-state index in [4.69, 9.17) is 9.47 Å². The molecule has 0 aliphatic carbocycles. The van der Waals surface area contributed by atoms with Crippen molar-refractivity contribution in [1.82, 2.24) is 40.4 Å². The molecular weight excluding hydrogens is 548 g/mol. The highest BCUT2D eigenvalue weighted by Gasteiger charge is 2.09. The number of rotatable bonds is 29. The molecule has 0 saturated carbocycles. The lowest BCUT2D eigenvalue weighted by atomic mass is 10.2. The maximum atomic E-state index is 12.1. The quantitative estimate of drug-likeness (QED) is 0.108. The highest BCUT2D eigenvalue weighted by atomic mass is 16.6. The Morgan fingerprint density at radius 2 is 0.837 bits per heavy atom. The first-order valence-electron chi connectivity index (χ1n) is 16.5. The van der Waals surface area contributed by atoms with Crippen LogP contribution in [-0.4, -0.2) is 178 Å². The fourth-order valence-corrected chi connectivity index (χ4v) is 4.60. The standard InChI is InChI=1S/C31H68N8O4/c1-32-16-12-22-38(23-13-19-35(2)3)26-28-42-30(40)33-17-10-8-9-11-18-34-31(41)43-29-27-39(24-14-20-36(4)5)25-15-21-37(6)7/h32H,8-29H2,1-7H3,(H,33,40)(H,34,41). The van der Waals surface area contributed by atoms with Crippen molar-refractivity contribution in [1.29, 1.82) is 0 Å². The molecule has 0 aromatic carbocycles. The van der Waals surface area contributed by atoms with Gasteiger partial charge in [-0.3, -0.25) is 9.80 Å². The highest BCUT2D eigenvalue weighted by Crippen LogP contribution is 2.00. The summed E-state index contributed by atoms with van der Waals surface area (Å²) in [6.45, 7) is 11.7. The number of nitrogens with zero attached hydrogens (tertiary/aromatic N) is 5. The van der Waals surface area contributed by atoms with E-state index >= 15 is 0 Å². The first-order chi connectivity index (χ1) is 20.6. The van der Waals surface area contributed by atoms with Crippen molar-refractivity contribution >= 4 is 12.2 Å². The minimum atomic E-state index is -0.346. The molecule has 0 aliphatic rings. The Bertz CT molecular complexity index is 641. The first-order valence-corrected chi connectivity index (χ1v) is 16.5. The van der Waals surface area contributed by atoms with E-state index < -0.39 is 0 Å². The molecule has 0 bridgehead atoms. The highest BCUT2D eigenvalue weighted by molar-refractivity contribution is 5.67. The summed E-state index contributed by atoms with van der Waals surface area (Å²) in [6, 6.07) is 0. The van der Waals surface area contributed by atoms with Crippen molar-refractivity contribution < 1.29 is 19.1 Å². The fourth-order valence-electron chi connectivity index (χ4n) is 4.60. The van der Waals surface area contributed by atoms with E-state index in [1.807, 2.05) is 7.05 Å². The van der Waals surface area contributed by atoms with E-state index in [0.717, 1.165) is 117 Å². The largest absolute Gasteiger partial charge is 0.448 e. The van der Waals surface area contributed by atoms with Gasteiger partial charge in [-0.15, -0.1) is 0 Å². The Kier molecular flexibility index (Phi) is 27.9. The molecule has 0 fully saturated rings. The summed E-state index contributed by atoms with van der Waals surface area (Å²) in [5.74, 6) is 0. The molecule has 0 aliphatic heterocycles. The minimum Gasteiger partial charge on any atom is -0.448 e. The lowest BCUT2D eigenvalue weighted by molar-refractivity contribution is 0.123. The first kappa shape index (κ1) is 41.3. The second kappa shape index (κ2) is 29.0.